The molecule has 2 heterocycles. The van der Waals surface area contributed by atoms with Crippen molar-refractivity contribution in [2.24, 2.45) is 0 Å². The number of nitrogens with one attached hydrogen (secondary N) is 1. The number of aromatic carboxylic acids is 1. The van der Waals surface area contributed by atoms with E-state index >= 15 is 0 Å². The Morgan fingerprint density at radius 2 is 1.82 bits per heavy atom. The highest BCUT2D eigenvalue weighted by Crippen LogP contribution is 2.17. The molecule has 0 aliphatic carbocycles. The fraction of sp³-hybridized carbons (Fsp3) is 0.250. The summed E-state index contributed by atoms with van der Waals surface area (Å²) in [6.45, 7) is 3.64. The average molecular weight is 267 g/mol. The van der Waals surface area contributed by atoms with Crippen LogP contribution in [0.25, 0.3) is 0 Å². The normalized spacial score (nSPS) is 10.6. The van der Waals surface area contributed by atoms with Crippen LogP contribution in [0.1, 0.15) is 24.3 Å². The first-order valence-electron chi connectivity index (χ1n) is 5.23. The molecule has 0 aliphatic heterocycles. The van der Waals surface area contributed by atoms with E-state index in [4.69, 9.17) is 5.11 Å². The van der Waals surface area contributed by atoms with Crippen molar-refractivity contribution >= 4 is 28.6 Å². The van der Waals surface area contributed by atoms with Crippen molar-refractivity contribution in [3.8, 4) is 0 Å². The Morgan fingerprint density at radius 3 is 2.35 bits per heavy atom. The summed E-state index contributed by atoms with van der Waals surface area (Å²) in [6, 6.07) is 7.74. The van der Waals surface area contributed by atoms with E-state index in [0.29, 0.717) is 4.88 Å². The van der Waals surface area contributed by atoms with Crippen LogP contribution in [0.2, 0.25) is 0 Å². The van der Waals surface area contributed by atoms with E-state index in [1.54, 1.807) is 17.4 Å². The van der Waals surface area contributed by atoms with Gasteiger partial charge in [-0.25, -0.2) is 4.79 Å². The Hall–Kier alpha value is -1.17. The first-order valence-corrected chi connectivity index (χ1v) is 6.86. The van der Waals surface area contributed by atoms with Crippen molar-refractivity contribution in [1.82, 2.24) is 5.32 Å². The molecule has 2 N–H and O–H groups in total. The van der Waals surface area contributed by atoms with Gasteiger partial charge in [0.25, 0.3) is 0 Å². The molecule has 0 saturated carbocycles. The van der Waals surface area contributed by atoms with Crippen LogP contribution in [0.15, 0.2) is 24.3 Å². The minimum Gasteiger partial charge on any atom is -0.477 e. The number of thiophene rings is 2. The monoisotopic (exact) mass is 267 g/mol. The fourth-order valence-electron chi connectivity index (χ4n) is 1.48. The lowest BCUT2D eigenvalue weighted by Gasteiger charge is -1.99. The molecule has 90 valence electrons. The maximum atomic E-state index is 10.7. The molecule has 0 amide bonds. The molecule has 2 aromatic heterocycles. The number of carboxylic acid groups (broad SMARTS) is 1. The summed E-state index contributed by atoms with van der Waals surface area (Å²) in [5, 5.41) is 12.1. The highest BCUT2D eigenvalue weighted by Gasteiger charge is 2.06. The molecule has 0 fully saturated rings. The Morgan fingerprint density at radius 1 is 1.18 bits per heavy atom. The van der Waals surface area contributed by atoms with E-state index in [2.05, 4.69) is 24.4 Å². The lowest BCUT2D eigenvalue weighted by Crippen LogP contribution is -2.10. The molecule has 0 saturated heterocycles. The van der Waals surface area contributed by atoms with Gasteiger partial charge in [-0.15, -0.1) is 22.7 Å². The van der Waals surface area contributed by atoms with Gasteiger partial charge in [-0.3, -0.25) is 0 Å². The molecular weight excluding hydrogens is 254 g/mol. The van der Waals surface area contributed by atoms with Crippen molar-refractivity contribution < 1.29 is 9.90 Å². The molecule has 3 nitrogen and oxygen atoms in total. The molecule has 0 aromatic carbocycles. The molecule has 2 rings (SSSR count). The van der Waals surface area contributed by atoms with Gasteiger partial charge >= 0.3 is 5.97 Å². The van der Waals surface area contributed by atoms with Crippen molar-refractivity contribution in [3.63, 3.8) is 0 Å². The third kappa shape index (κ3) is 3.39. The lowest BCUT2D eigenvalue weighted by molar-refractivity contribution is 0.0702. The van der Waals surface area contributed by atoms with Crippen LogP contribution in [0.3, 0.4) is 0 Å². The highest BCUT2D eigenvalue weighted by molar-refractivity contribution is 7.13. The number of aryl methyl sites for hydroxylation is 1. The fourth-order valence-corrected chi connectivity index (χ4v) is 3.15. The minimum atomic E-state index is -0.852. The number of hydrogen-bond donors (Lipinski definition) is 2. The average Bonchev–Trinajstić information content (AvgIpc) is 2.88. The van der Waals surface area contributed by atoms with Crippen LogP contribution in [-0.2, 0) is 13.1 Å². The van der Waals surface area contributed by atoms with Crippen LogP contribution in [0, 0.1) is 6.92 Å². The second kappa shape index (κ2) is 5.44. The van der Waals surface area contributed by atoms with Gasteiger partial charge in [0.2, 0.25) is 0 Å². The molecular formula is C12H13NO2S2. The van der Waals surface area contributed by atoms with Crippen molar-refractivity contribution in [2.45, 2.75) is 20.0 Å². The number of hydrogen-bond acceptors (Lipinski definition) is 4. The van der Waals surface area contributed by atoms with Gasteiger partial charge in [-0.1, -0.05) is 0 Å². The standard InChI is InChI=1S/C12H13NO2S2/c1-8-2-3-9(16-8)6-13-7-10-4-5-11(17-10)12(14)15/h2-5,13H,6-7H2,1H3,(H,14,15). The Kier molecular flexibility index (Phi) is 3.93. The molecule has 0 bridgehead atoms. The van der Waals surface area contributed by atoms with E-state index in [1.807, 2.05) is 6.07 Å². The van der Waals surface area contributed by atoms with Gasteiger partial charge in [0.05, 0.1) is 0 Å². The quantitative estimate of drug-likeness (QED) is 0.875. The number of rotatable bonds is 5. The smallest absolute Gasteiger partial charge is 0.345 e. The molecule has 5 heteroatoms. The van der Waals surface area contributed by atoms with E-state index in [-0.39, 0.29) is 0 Å². The summed E-state index contributed by atoms with van der Waals surface area (Å²) >= 11 is 3.10. The van der Waals surface area contributed by atoms with Crippen LogP contribution < -0.4 is 5.32 Å². The second-order valence-electron chi connectivity index (χ2n) is 3.69. The van der Waals surface area contributed by atoms with Crippen molar-refractivity contribution in [3.05, 3.63) is 43.8 Å². The van der Waals surface area contributed by atoms with Gasteiger partial charge < -0.3 is 10.4 Å². The van der Waals surface area contributed by atoms with Crippen LogP contribution in [-0.4, -0.2) is 11.1 Å². The Labute approximate surface area is 108 Å². The number of carboxylic acids is 1. The highest BCUT2D eigenvalue weighted by atomic mass is 32.1. The SMILES string of the molecule is Cc1ccc(CNCc2ccc(C(=O)O)s2)s1. The minimum absolute atomic E-state index is 0.397. The Bertz CT molecular complexity index is 516. The molecule has 0 spiro atoms. The predicted octanol–water partition coefficient (Wildman–Crippen LogP) is 3.11. The summed E-state index contributed by atoms with van der Waals surface area (Å²) in [7, 11) is 0. The summed E-state index contributed by atoms with van der Waals surface area (Å²) in [6.07, 6.45) is 0. The van der Waals surface area contributed by atoms with Gasteiger partial charge in [-0.2, -0.15) is 0 Å². The second-order valence-corrected chi connectivity index (χ2v) is 6.23. The predicted molar refractivity (Wildman–Crippen MR) is 70.9 cm³/mol. The van der Waals surface area contributed by atoms with Crippen molar-refractivity contribution in [2.75, 3.05) is 0 Å². The molecule has 2 aromatic rings. The zero-order valence-corrected chi connectivity index (χ0v) is 11.0. The molecule has 0 aliphatic rings. The summed E-state index contributed by atoms with van der Waals surface area (Å²) in [5.41, 5.74) is 0. The van der Waals surface area contributed by atoms with E-state index < -0.39 is 5.97 Å². The maximum Gasteiger partial charge on any atom is 0.345 e. The largest absolute Gasteiger partial charge is 0.477 e. The first kappa shape index (κ1) is 12.3. The first-order chi connectivity index (χ1) is 8.15. The molecule has 17 heavy (non-hydrogen) atoms. The van der Waals surface area contributed by atoms with E-state index in [0.717, 1.165) is 18.0 Å². The molecule has 0 radical (unpaired) electrons. The van der Waals surface area contributed by atoms with Gasteiger partial charge in [0.1, 0.15) is 4.88 Å². The van der Waals surface area contributed by atoms with Crippen LogP contribution in [0.5, 0.6) is 0 Å². The third-order valence-corrected chi connectivity index (χ3v) is 4.34. The zero-order valence-electron chi connectivity index (χ0n) is 9.40. The molecule has 0 atom stereocenters. The summed E-state index contributed by atoms with van der Waals surface area (Å²) < 4.78 is 0. The Balaban J connectivity index is 1.83. The van der Waals surface area contributed by atoms with Crippen molar-refractivity contribution in [1.29, 1.82) is 0 Å². The van der Waals surface area contributed by atoms with Crippen LogP contribution in [0.4, 0.5) is 0 Å². The summed E-state index contributed by atoms with van der Waals surface area (Å²) in [5.74, 6) is -0.852. The van der Waals surface area contributed by atoms with Gasteiger partial charge in [0.15, 0.2) is 0 Å². The topological polar surface area (TPSA) is 49.3 Å². The van der Waals surface area contributed by atoms with E-state index in [9.17, 15) is 4.79 Å². The number of carbonyl (C=O) groups is 1. The van der Waals surface area contributed by atoms with Gasteiger partial charge in [0, 0.05) is 27.7 Å². The van der Waals surface area contributed by atoms with E-state index in [1.165, 1.54) is 21.1 Å². The van der Waals surface area contributed by atoms with Crippen LogP contribution >= 0.6 is 22.7 Å². The third-order valence-electron chi connectivity index (χ3n) is 2.27. The zero-order chi connectivity index (χ0) is 12.3. The maximum absolute atomic E-state index is 10.7. The van der Waals surface area contributed by atoms with Gasteiger partial charge in [-0.05, 0) is 31.2 Å². The summed E-state index contributed by atoms with van der Waals surface area (Å²) in [4.78, 5) is 14.8. The molecule has 0 unspecified atom stereocenters. The lowest BCUT2D eigenvalue weighted by atomic mass is 10.4.